The molecule has 0 aromatic heterocycles. The number of hydrogen-bond acceptors (Lipinski definition) is 4. The van der Waals surface area contributed by atoms with E-state index in [2.05, 4.69) is 4.74 Å². The zero-order valence-electron chi connectivity index (χ0n) is 11.7. The van der Waals surface area contributed by atoms with Crippen LogP contribution in [0.1, 0.15) is 18.9 Å². The first-order valence-electron chi connectivity index (χ1n) is 6.16. The quantitative estimate of drug-likeness (QED) is 0.754. The van der Waals surface area contributed by atoms with E-state index >= 15 is 0 Å². The second-order valence-electron chi connectivity index (χ2n) is 4.32. The van der Waals surface area contributed by atoms with Crippen molar-refractivity contribution in [3.8, 4) is 0 Å². The molecule has 20 heavy (non-hydrogen) atoms. The molecule has 0 atom stereocenters. The van der Waals surface area contributed by atoms with Crippen molar-refractivity contribution in [2.45, 2.75) is 25.2 Å². The third-order valence-corrected chi connectivity index (χ3v) is 5.00. The van der Waals surface area contributed by atoms with Crippen molar-refractivity contribution in [2.75, 3.05) is 20.2 Å². The van der Waals surface area contributed by atoms with Gasteiger partial charge in [0.1, 0.15) is 6.54 Å². The van der Waals surface area contributed by atoms with Crippen LogP contribution in [0.3, 0.4) is 0 Å². The Hall–Kier alpha value is -1.11. The number of carbonyl (C=O) groups excluding carboxylic acids is 1. The van der Waals surface area contributed by atoms with Gasteiger partial charge >= 0.3 is 5.97 Å². The summed E-state index contributed by atoms with van der Waals surface area (Å²) < 4.78 is 30.8. The topological polar surface area (TPSA) is 63.7 Å². The van der Waals surface area contributed by atoms with Crippen LogP contribution < -0.4 is 0 Å². The number of rotatable bonds is 6. The van der Waals surface area contributed by atoms with Gasteiger partial charge in [-0.05, 0) is 37.1 Å². The van der Waals surface area contributed by atoms with E-state index in [0.29, 0.717) is 17.0 Å². The highest BCUT2D eigenvalue weighted by Crippen LogP contribution is 2.23. The Balaban J connectivity index is 3.18. The third kappa shape index (κ3) is 3.94. The first-order chi connectivity index (χ1) is 9.32. The maximum Gasteiger partial charge on any atom is 0.321 e. The van der Waals surface area contributed by atoms with E-state index in [4.69, 9.17) is 11.6 Å². The van der Waals surface area contributed by atoms with E-state index in [-0.39, 0.29) is 18.0 Å². The predicted molar refractivity (Wildman–Crippen MR) is 77.3 cm³/mol. The van der Waals surface area contributed by atoms with Crippen LogP contribution in [0.2, 0.25) is 5.02 Å². The molecule has 1 aromatic rings. The summed E-state index contributed by atoms with van der Waals surface area (Å²) in [5.41, 5.74) is 0.545. The number of hydrogen-bond donors (Lipinski definition) is 0. The fourth-order valence-electron chi connectivity index (χ4n) is 1.78. The Morgan fingerprint density at radius 1 is 1.40 bits per heavy atom. The minimum Gasteiger partial charge on any atom is -0.468 e. The molecule has 7 heteroatoms. The van der Waals surface area contributed by atoms with Crippen LogP contribution in [0, 0.1) is 6.92 Å². The fraction of sp³-hybridized carbons (Fsp3) is 0.462. The number of esters is 1. The number of aryl methyl sites for hydroxylation is 1. The predicted octanol–water partition coefficient (Wildman–Crippen LogP) is 2.22. The lowest BCUT2D eigenvalue weighted by Gasteiger charge is -2.21. The molecule has 0 N–H and O–H groups in total. The number of nitrogens with zero attached hydrogens (tertiary/aromatic N) is 1. The van der Waals surface area contributed by atoms with Crippen LogP contribution in [-0.2, 0) is 19.6 Å². The maximum atomic E-state index is 12.6. The van der Waals surface area contributed by atoms with Gasteiger partial charge in [-0.1, -0.05) is 18.5 Å². The lowest BCUT2D eigenvalue weighted by Crippen LogP contribution is -2.37. The van der Waals surface area contributed by atoms with Gasteiger partial charge in [0, 0.05) is 11.6 Å². The van der Waals surface area contributed by atoms with Gasteiger partial charge < -0.3 is 4.74 Å². The molecular formula is C13H18ClNO4S. The lowest BCUT2D eigenvalue weighted by atomic mass is 10.2. The van der Waals surface area contributed by atoms with Crippen molar-refractivity contribution in [3.05, 3.63) is 28.8 Å². The van der Waals surface area contributed by atoms with Crippen LogP contribution in [0.15, 0.2) is 23.1 Å². The Kier molecular flexibility index (Phi) is 5.98. The van der Waals surface area contributed by atoms with E-state index in [0.717, 1.165) is 4.31 Å². The molecular weight excluding hydrogens is 302 g/mol. The molecule has 0 radical (unpaired) electrons. The van der Waals surface area contributed by atoms with E-state index < -0.39 is 16.0 Å². The molecule has 0 aliphatic carbocycles. The molecule has 0 heterocycles. The summed E-state index contributed by atoms with van der Waals surface area (Å²) in [7, 11) is -2.51. The van der Waals surface area contributed by atoms with Crippen LogP contribution >= 0.6 is 11.6 Å². The van der Waals surface area contributed by atoms with Crippen molar-refractivity contribution >= 4 is 27.6 Å². The molecule has 0 saturated carbocycles. The van der Waals surface area contributed by atoms with Gasteiger partial charge in [0.05, 0.1) is 12.0 Å². The zero-order chi connectivity index (χ0) is 15.3. The molecule has 0 aliphatic heterocycles. The lowest BCUT2D eigenvalue weighted by molar-refractivity contribution is -0.140. The molecule has 0 unspecified atom stereocenters. The van der Waals surface area contributed by atoms with Gasteiger partial charge in [0.15, 0.2) is 0 Å². The van der Waals surface area contributed by atoms with Gasteiger partial charge in [-0.15, -0.1) is 0 Å². The fourth-order valence-corrected chi connectivity index (χ4v) is 3.69. The maximum absolute atomic E-state index is 12.6. The summed E-state index contributed by atoms with van der Waals surface area (Å²) in [6, 6.07) is 4.55. The number of benzene rings is 1. The van der Waals surface area contributed by atoms with Crippen molar-refractivity contribution in [2.24, 2.45) is 0 Å². The second-order valence-corrected chi connectivity index (χ2v) is 6.67. The van der Waals surface area contributed by atoms with Crippen LogP contribution in [0.25, 0.3) is 0 Å². The van der Waals surface area contributed by atoms with Crippen molar-refractivity contribution in [1.82, 2.24) is 4.31 Å². The molecule has 0 amide bonds. The third-order valence-electron chi connectivity index (χ3n) is 2.76. The molecule has 1 aromatic carbocycles. The molecule has 0 fully saturated rings. The van der Waals surface area contributed by atoms with E-state index in [1.54, 1.807) is 13.0 Å². The van der Waals surface area contributed by atoms with Gasteiger partial charge in [-0.2, -0.15) is 4.31 Å². The summed E-state index contributed by atoms with van der Waals surface area (Å²) in [6.45, 7) is 3.46. The van der Waals surface area contributed by atoms with E-state index in [1.165, 1.54) is 19.2 Å². The molecule has 112 valence electrons. The largest absolute Gasteiger partial charge is 0.468 e. The Morgan fingerprint density at radius 2 is 2.05 bits per heavy atom. The number of ether oxygens (including phenoxy) is 1. The van der Waals surface area contributed by atoms with Crippen molar-refractivity contribution in [1.29, 1.82) is 0 Å². The SMILES string of the molecule is CCCN(CC(=O)OC)S(=O)(=O)c1ccc(Cl)cc1C. The van der Waals surface area contributed by atoms with Crippen LogP contribution in [-0.4, -0.2) is 38.9 Å². The summed E-state index contributed by atoms with van der Waals surface area (Å²) in [5, 5.41) is 0.469. The molecule has 0 aliphatic rings. The van der Waals surface area contributed by atoms with Crippen molar-refractivity contribution < 1.29 is 17.9 Å². The number of sulfonamides is 1. The normalized spacial score (nSPS) is 11.7. The minimum absolute atomic E-state index is 0.152. The van der Waals surface area contributed by atoms with E-state index in [1.807, 2.05) is 6.92 Å². The minimum atomic E-state index is -3.74. The first-order valence-corrected chi connectivity index (χ1v) is 7.97. The summed E-state index contributed by atoms with van der Waals surface area (Å²) in [4.78, 5) is 11.5. The first kappa shape index (κ1) is 16.9. The highest BCUT2D eigenvalue weighted by atomic mass is 35.5. The molecule has 0 saturated heterocycles. The van der Waals surface area contributed by atoms with Crippen LogP contribution in [0.5, 0.6) is 0 Å². The number of halogens is 1. The standard InChI is InChI=1S/C13H18ClNO4S/c1-4-7-15(9-13(16)19-3)20(17,18)12-6-5-11(14)8-10(12)2/h5-6,8H,4,7,9H2,1-3H3. The average molecular weight is 320 g/mol. The highest BCUT2D eigenvalue weighted by molar-refractivity contribution is 7.89. The van der Waals surface area contributed by atoms with Crippen molar-refractivity contribution in [3.63, 3.8) is 0 Å². The average Bonchev–Trinajstić information content (AvgIpc) is 2.37. The second kappa shape index (κ2) is 7.06. The smallest absolute Gasteiger partial charge is 0.321 e. The Morgan fingerprint density at radius 3 is 2.55 bits per heavy atom. The zero-order valence-corrected chi connectivity index (χ0v) is 13.3. The number of carbonyl (C=O) groups is 1. The van der Waals surface area contributed by atoms with Gasteiger partial charge in [-0.3, -0.25) is 4.79 Å². The van der Waals surface area contributed by atoms with E-state index in [9.17, 15) is 13.2 Å². The monoisotopic (exact) mass is 319 g/mol. The summed E-state index contributed by atoms with van der Waals surface area (Å²) >= 11 is 5.83. The van der Waals surface area contributed by atoms with Gasteiger partial charge in [-0.25, -0.2) is 8.42 Å². The number of methoxy groups -OCH3 is 1. The molecule has 5 nitrogen and oxygen atoms in total. The summed E-state index contributed by atoms with van der Waals surface area (Å²) in [6.07, 6.45) is 0.600. The summed E-state index contributed by atoms with van der Waals surface area (Å²) in [5.74, 6) is -0.589. The Bertz CT molecular complexity index is 586. The van der Waals surface area contributed by atoms with Crippen LogP contribution in [0.4, 0.5) is 0 Å². The highest BCUT2D eigenvalue weighted by Gasteiger charge is 2.27. The molecule has 0 spiro atoms. The van der Waals surface area contributed by atoms with Gasteiger partial charge in [0.2, 0.25) is 10.0 Å². The molecule has 1 rings (SSSR count). The van der Waals surface area contributed by atoms with Gasteiger partial charge in [0.25, 0.3) is 0 Å². The Labute approximate surface area is 124 Å². The molecule has 0 bridgehead atoms.